The molecular formula is C11H11Cl2N3. The minimum atomic E-state index is -0.326. The number of halogens is 2. The lowest BCUT2D eigenvalue weighted by Crippen LogP contribution is -2.14. The Labute approximate surface area is 105 Å². The van der Waals surface area contributed by atoms with Crippen molar-refractivity contribution >= 4 is 24.0 Å². The second kappa shape index (κ2) is 5.80. The molecule has 0 fully saturated rings. The van der Waals surface area contributed by atoms with E-state index in [-0.39, 0.29) is 18.4 Å². The summed E-state index contributed by atoms with van der Waals surface area (Å²) in [6.45, 7) is 0. The molecule has 0 spiro atoms. The number of benzene rings is 1. The fraction of sp³-hybridized carbons (Fsp3) is 0.0909. The molecule has 1 heterocycles. The Hall–Kier alpha value is -1.16. The summed E-state index contributed by atoms with van der Waals surface area (Å²) in [4.78, 5) is 8.08. The molecule has 16 heavy (non-hydrogen) atoms. The predicted octanol–water partition coefficient (Wildman–Crippen LogP) is 2.60. The van der Waals surface area contributed by atoms with Crippen LogP contribution in [0.3, 0.4) is 0 Å². The van der Waals surface area contributed by atoms with E-state index in [0.29, 0.717) is 10.8 Å². The number of nitrogens with two attached hydrogens (primary N) is 1. The van der Waals surface area contributed by atoms with Gasteiger partial charge in [-0.15, -0.1) is 12.4 Å². The normalized spacial score (nSPS) is 11.6. The van der Waals surface area contributed by atoms with Gasteiger partial charge in [-0.3, -0.25) is 4.98 Å². The van der Waals surface area contributed by atoms with Gasteiger partial charge in [0.05, 0.1) is 11.7 Å². The first-order chi connectivity index (χ1) is 7.29. The topological polar surface area (TPSA) is 51.8 Å². The van der Waals surface area contributed by atoms with Crippen LogP contribution in [0.2, 0.25) is 5.15 Å². The van der Waals surface area contributed by atoms with Crippen LogP contribution in [-0.4, -0.2) is 9.97 Å². The zero-order chi connectivity index (χ0) is 10.7. The molecule has 84 valence electrons. The predicted molar refractivity (Wildman–Crippen MR) is 66.8 cm³/mol. The first-order valence-electron chi connectivity index (χ1n) is 4.56. The first-order valence-corrected chi connectivity index (χ1v) is 4.94. The van der Waals surface area contributed by atoms with E-state index in [4.69, 9.17) is 17.3 Å². The van der Waals surface area contributed by atoms with Crippen LogP contribution in [0, 0.1) is 0 Å². The highest BCUT2D eigenvalue weighted by molar-refractivity contribution is 6.30. The van der Waals surface area contributed by atoms with Gasteiger partial charge in [-0.25, -0.2) is 4.98 Å². The number of hydrogen-bond donors (Lipinski definition) is 1. The highest BCUT2D eigenvalue weighted by Gasteiger charge is 2.13. The van der Waals surface area contributed by atoms with Crippen molar-refractivity contribution in [2.45, 2.75) is 6.04 Å². The standard InChI is InChI=1S/C11H10ClN3.ClH/c12-11-10(14-6-7-15-11)9(13)8-4-2-1-3-5-8;/h1-7,9H,13H2;1H. The SMILES string of the molecule is Cl.NC(c1ccccc1)c1nccnc1Cl. The van der Waals surface area contributed by atoms with E-state index in [1.807, 2.05) is 30.3 Å². The second-order valence-electron chi connectivity index (χ2n) is 3.12. The molecule has 1 atom stereocenters. The summed E-state index contributed by atoms with van der Waals surface area (Å²) in [5.74, 6) is 0. The molecule has 0 aliphatic rings. The van der Waals surface area contributed by atoms with Gasteiger partial charge in [-0.2, -0.15) is 0 Å². The van der Waals surface area contributed by atoms with Gasteiger partial charge in [0, 0.05) is 12.4 Å². The maximum absolute atomic E-state index is 6.03. The van der Waals surface area contributed by atoms with E-state index in [1.54, 1.807) is 12.4 Å². The summed E-state index contributed by atoms with van der Waals surface area (Å²) in [6, 6.07) is 9.35. The minimum absolute atomic E-state index is 0. The largest absolute Gasteiger partial charge is 0.319 e. The van der Waals surface area contributed by atoms with Gasteiger partial charge < -0.3 is 5.73 Å². The van der Waals surface area contributed by atoms with E-state index in [9.17, 15) is 0 Å². The van der Waals surface area contributed by atoms with Crippen LogP contribution in [0.25, 0.3) is 0 Å². The molecule has 0 radical (unpaired) electrons. The second-order valence-corrected chi connectivity index (χ2v) is 3.48. The van der Waals surface area contributed by atoms with Gasteiger partial charge in [-0.1, -0.05) is 41.9 Å². The van der Waals surface area contributed by atoms with Gasteiger partial charge in [0.1, 0.15) is 0 Å². The highest BCUT2D eigenvalue weighted by Crippen LogP contribution is 2.21. The molecule has 0 saturated heterocycles. The quantitative estimate of drug-likeness (QED) is 0.898. The van der Waals surface area contributed by atoms with Gasteiger partial charge in [0.15, 0.2) is 5.15 Å². The van der Waals surface area contributed by atoms with Gasteiger partial charge in [0.25, 0.3) is 0 Å². The van der Waals surface area contributed by atoms with Crippen molar-refractivity contribution in [2.24, 2.45) is 5.73 Å². The Bertz CT molecular complexity index is 448. The lowest BCUT2D eigenvalue weighted by atomic mass is 10.1. The fourth-order valence-corrected chi connectivity index (χ4v) is 1.58. The number of rotatable bonds is 2. The van der Waals surface area contributed by atoms with Crippen LogP contribution in [-0.2, 0) is 0 Å². The summed E-state index contributed by atoms with van der Waals surface area (Å²) >= 11 is 5.92. The molecule has 2 rings (SSSR count). The van der Waals surface area contributed by atoms with Gasteiger partial charge in [0.2, 0.25) is 0 Å². The van der Waals surface area contributed by atoms with E-state index >= 15 is 0 Å². The van der Waals surface area contributed by atoms with E-state index in [2.05, 4.69) is 9.97 Å². The zero-order valence-corrected chi connectivity index (χ0v) is 9.95. The summed E-state index contributed by atoms with van der Waals surface area (Å²) in [7, 11) is 0. The van der Waals surface area contributed by atoms with Gasteiger partial charge in [-0.05, 0) is 5.56 Å². The van der Waals surface area contributed by atoms with Crippen molar-refractivity contribution in [3.05, 3.63) is 59.1 Å². The lowest BCUT2D eigenvalue weighted by Gasteiger charge is -2.11. The van der Waals surface area contributed by atoms with Crippen LogP contribution in [0.15, 0.2) is 42.7 Å². The van der Waals surface area contributed by atoms with E-state index < -0.39 is 0 Å². The van der Waals surface area contributed by atoms with Crippen LogP contribution >= 0.6 is 24.0 Å². The summed E-state index contributed by atoms with van der Waals surface area (Å²) in [5, 5.41) is 0.355. The molecular weight excluding hydrogens is 245 g/mol. The van der Waals surface area contributed by atoms with Gasteiger partial charge >= 0.3 is 0 Å². The molecule has 3 nitrogen and oxygen atoms in total. The smallest absolute Gasteiger partial charge is 0.152 e. The lowest BCUT2D eigenvalue weighted by molar-refractivity contribution is 0.818. The monoisotopic (exact) mass is 255 g/mol. The zero-order valence-electron chi connectivity index (χ0n) is 8.38. The molecule has 0 bridgehead atoms. The molecule has 0 aliphatic carbocycles. The molecule has 1 unspecified atom stereocenters. The Morgan fingerprint density at radius 2 is 1.69 bits per heavy atom. The molecule has 0 amide bonds. The van der Waals surface area contributed by atoms with Crippen molar-refractivity contribution in [3.8, 4) is 0 Å². The minimum Gasteiger partial charge on any atom is -0.319 e. The van der Waals surface area contributed by atoms with Crippen molar-refractivity contribution in [1.82, 2.24) is 9.97 Å². The Balaban J connectivity index is 0.00000128. The molecule has 0 aliphatic heterocycles. The maximum Gasteiger partial charge on any atom is 0.152 e. The Kier molecular flexibility index (Phi) is 4.68. The number of hydrogen-bond acceptors (Lipinski definition) is 3. The first kappa shape index (κ1) is 12.9. The van der Waals surface area contributed by atoms with Crippen molar-refractivity contribution in [2.75, 3.05) is 0 Å². The third kappa shape index (κ3) is 2.70. The summed E-state index contributed by atoms with van der Waals surface area (Å²) < 4.78 is 0. The number of nitrogens with zero attached hydrogens (tertiary/aromatic N) is 2. The molecule has 2 N–H and O–H groups in total. The highest BCUT2D eigenvalue weighted by atomic mass is 35.5. The Morgan fingerprint density at radius 3 is 2.31 bits per heavy atom. The van der Waals surface area contributed by atoms with Crippen LogP contribution in [0.1, 0.15) is 17.3 Å². The molecule has 5 heteroatoms. The average Bonchev–Trinajstić information content (AvgIpc) is 2.30. The molecule has 2 aromatic rings. The molecule has 1 aromatic carbocycles. The average molecular weight is 256 g/mol. The number of aromatic nitrogens is 2. The Morgan fingerprint density at radius 1 is 1.06 bits per heavy atom. The summed E-state index contributed by atoms with van der Waals surface area (Å²) in [5.41, 5.74) is 7.60. The summed E-state index contributed by atoms with van der Waals surface area (Å²) in [6.07, 6.45) is 3.13. The van der Waals surface area contributed by atoms with E-state index in [1.165, 1.54) is 0 Å². The molecule has 0 saturated carbocycles. The third-order valence-electron chi connectivity index (χ3n) is 2.13. The van der Waals surface area contributed by atoms with Crippen molar-refractivity contribution in [1.29, 1.82) is 0 Å². The van der Waals surface area contributed by atoms with Crippen molar-refractivity contribution < 1.29 is 0 Å². The van der Waals surface area contributed by atoms with E-state index in [0.717, 1.165) is 5.56 Å². The van der Waals surface area contributed by atoms with Crippen LogP contribution in [0.4, 0.5) is 0 Å². The third-order valence-corrected chi connectivity index (χ3v) is 2.42. The van der Waals surface area contributed by atoms with Crippen LogP contribution < -0.4 is 5.73 Å². The van der Waals surface area contributed by atoms with Crippen LogP contribution in [0.5, 0.6) is 0 Å². The maximum atomic E-state index is 6.03. The molecule has 1 aromatic heterocycles. The van der Waals surface area contributed by atoms with Crippen molar-refractivity contribution in [3.63, 3.8) is 0 Å². The fourth-order valence-electron chi connectivity index (χ4n) is 1.36.